The number of aryl methyl sites for hydroxylation is 3. The smallest absolute Gasteiger partial charge is 0.288 e. The van der Waals surface area contributed by atoms with Gasteiger partial charge in [-0.25, -0.2) is 0 Å². The molecule has 0 unspecified atom stereocenters. The Morgan fingerprint density at radius 1 is 0.900 bits per heavy atom. The maximum Gasteiger partial charge on any atom is 0.288 e. The molecule has 0 aliphatic carbocycles. The van der Waals surface area contributed by atoms with Crippen LogP contribution >= 0.6 is 0 Å². The fourth-order valence-corrected chi connectivity index (χ4v) is 4.91. The Labute approximate surface area is 181 Å². The van der Waals surface area contributed by atoms with E-state index in [0.29, 0.717) is 29.3 Å². The van der Waals surface area contributed by atoms with Gasteiger partial charge >= 0.3 is 0 Å². The lowest BCUT2D eigenvalue weighted by Gasteiger charge is -2.34. The lowest BCUT2D eigenvalue weighted by molar-refractivity contribution is 0.306. The second-order valence-electron chi connectivity index (χ2n) is 7.85. The third-order valence-electron chi connectivity index (χ3n) is 5.14. The summed E-state index contributed by atoms with van der Waals surface area (Å²) in [5, 5.41) is 1.50. The van der Waals surface area contributed by atoms with E-state index in [1.54, 1.807) is 0 Å². The Balaban J connectivity index is 2.21. The van der Waals surface area contributed by atoms with Crippen molar-refractivity contribution in [3.63, 3.8) is 0 Å². The highest BCUT2D eigenvalue weighted by atomic mass is 32.2. The molecule has 0 saturated carbocycles. The molecule has 3 rings (SSSR count). The fourth-order valence-electron chi connectivity index (χ4n) is 3.95. The summed E-state index contributed by atoms with van der Waals surface area (Å²) in [4.78, 5) is 0. The molecule has 0 aromatic heterocycles. The quantitative estimate of drug-likeness (QED) is 0.432. The van der Waals surface area contributed by atoms with Gasteiger partial charge in [-0.15, -0.1) is 4.28 Å². The Morgan fingerprint density at radius 2 is 1.60 bits per heavy atom. The van der Waals surface area contributed by atoms with Gasteiger partial charge in [0.2, 0.25) is 0 Å². The molecule has 0 saturated heterocycles. The van der Waals surface area contributed by atoms with Crippen molar-refractivity contribution in [2.75, 3.05) is 10.8 Å². The zero-order chi connectivity index (χ0) is 21.7. The van der Waals surface area contributed by atoms with Crippen LogP contribution < -0.4 is 9.80 Å². The predicted molar refractivity (Wildman–Crippen MR) is 122 cm³/mol. The summed E-state index contributed by atoms with van der Waals surface area (Å²) < 4.78 is 37.5. The number of hydrogen-bond acceptors (Lipinski definition) is 5. The van der Waals surface area contributed by atoms with Crippen molar-refractivity contribution in [2.45, 2.75) is 72.6 Å². The van der Waals surface area contributed by atoms with Crippen LogP contribution in [0.1, 0.15) is 70.1 Å². The monoisotopic (exact) mass is 431 g/mol. The minimum atomic E-state index is -3.72. The first kappa shape index (κ1) is 22.6. The first-order chi connectivity index (χ1) is 14.4. The van der Waals surface area contributed by atoms with Crippen molar-refractivity contribution in [1.29, 1.82) is 0 Å². The van der Waals surface area contributed by atoms with Gasteiger partial charge in [0.15, 0.2) is 11.5 Å². The molecule has 0 spiro atoms. The van der Waals surface area contributed by atoms with E-state index >= 15 is 0 Å². The molecule has 164 valence electrons. The van der Waals surface area contributed by atoms with Crippen LogP contribution in [0.15, 0.2) is 30.3 Å². The molecule has 0 fully saturated rings. The largest absolute Gasteiger partial charge is 0.452 e. The van der Waals surface area contributed by atoms with Gasteiger partial charge in [-0.2, -0.15) is 13.5 Å². The van der Waals surface area contributed by atoms with Gasteiger partial charge in [-0.1, -0.05) is 65.2 Å². The molecule has 1 heterocycles. The SMILES string of the molecule is CCCc1cc(CCC)c2c(c1)Oc1c(CCC)cccc1N2OS(=O)(=O)CCC. The minimum Gasteiger partial charge on any atom is -0.452 e. The third-order valence-corrected chi connectivity index (χ3v) is 6.43. The van der Waals surface area contributed by atoms with E-state index in [0.717, 1.165) is 49.7 Å². The maximum atomic E-state index is 12.7. The summed E-state index contributed by atoms with van der Waals surface area (Å²) >= 11 is 0. The standard InChI is InChI=1S/C24H33NO4S/c1-5-10-18-16-20(12-7-3)23-22(17-18)28-24-19(11-6-2)13-9-14-21(24)25(23)29-30(26,27)15-8-4/h9,13-14,16-17H,5-8,10-12,15H2,1-4H3. The summed E-state index contributed by atoms with van der Waals surface area (Å²) in [5.74, 6) is 1.34. The number of rotatable bonds is 10. The Hall–Kier alpha value is -2.05. The van der Waals surface area contributed by atoms with E-state index < -0.39 is 10.1 Å². The van der Waals surface area contributed by atoms with Crippen molar-refractivity contribution in [3.05, 3.63) is 47.0 Å². The van der Waals surface area contributed by atoms with E-state index in [1.807, 2.05) is 31.2 Å². The molecule has 1 aliphatic rings. The molecule has 0 amide bonds. The fraction of sp³-hybridized carbons (Fsp3) is 0.500. The number of benzene rings is 2. The first-order valence-corrected chi connectivity index (χ1v) is 12.7. The summed E-state index contributed by atoms with van der Waals surface area (Å²) in [6.07, 6.45) is 6.07. The average molecular weight is 432 g/mol. The average Bonchev–Trinajstić information content (AvgIpc) is 2.68. The zero-order valence-electron chi connectivity index (χ0n) is 18.5. The van der Waals surface area contributed by atoms with Crippen molar-refractivity contribution >= 4 is 21.5 Å². The van der Waals surface area contributed by atoms with Crippen LogP contribution in [-0.4, -0.2) is 14.2 Å². The van der Waals surface area contributed by atoms with Gasteiger partial charge in [0, 0.05) is 0 Å². The Bertz CT molecular complexity index is 985. The highest BCUT2D eigenvalue weighted by Crippen LogP contribution is 2.51. The molecule has 0 radical (unpaired) electrons. The highest BCUT2D eigenvalue weighted by molar-refractivity contribution is 7.86. The second kappa shape index (κ2) is 9.84. The topological polar surface area (TPSA) is 55.8 Å². The molecule has 5 nitrogen and oxygen atoms in total. The molecule has 0 atom stereocenters. The second-order valence-corrected chi connectivity index (χ2v) is 9.52. The van der Waals surface area contributed by atoms with Crippen LogP contribution in [0.3, 0.4) is 0 Å². The van der Waals surface area contributed by atoms with E-state index in [1.165, 1.54) is 10.6 Å². The molecule has 6 heteroatoms. The zero-order valence-corrected chi connectivity index (χ0v) is 19.3. The summed E-state index contributed by atoms with van der Waals surface area (Å²) in [6, 6.07) is 10.0. The number of nitrogens with zero attached hydrogens (tertiary/aromatic N) is 1. The number of anilines is 2. The summed E-state index contributed by atoms with van der Waals surface area (Å²) in [5.41, 5.74) is 4.66. The number of hydrogen-bond donors (Lipinski definition) is 0. The van der Waals surface area contributed by atoms with Crippen LogP contribution in [-0.2, 0) is 33.7 Å². The van der Waals surface area contributed by atoms with Crippen LogP contribution in [0.4, 0.5) is 11.4 Å². The number of para-hydroxylation sites is 1. The van der Waals surface area contributed by atoms with Gasteiger partial charge in [0.05, 0.1) is 5.75 Å². The molecular formula is C24H33NO4S. The molecule has 1 aliphatic heterocycles. The first-order valence-electron chi connectivity index (χ1n) is 11.1. The van der Waals surface area contributed by atoms with E-state index in [9.17, 15) is 8.42 Å². The lowest BCUT2D eigenvalue weighted by Crippen LogP contribution is -2.28. The van der Waals surface area contributed by atoms with Gasteiger partial charge in [0.25, 0.3) is 10.1 Å². The molecule has 2 aromatic carbocycles. The summed E-state index contributed by atoms with van der Waals surface area (Å²) in [6.45, 7) is 8.23. The van der Waals surface area contributed by atoms with Gasteiger partial charge in [0.1, 0.15) is 11.4 Å². The minimum absolute atomic E-state index is 0.0271. The Morgan fingerprint density at radius 3 is 2.27 bits per heavy atom. The molecule has 0 N–H and O–H groups in total. The van der Waals surface area contributed by atoms with Crippen LogP contribution in [0.2, 0.25) is 0 Å². The van der Waals surface area contributed by atoms with E-state index in [4.69, 9.17) is 9.02 Å². The van der Waals surface area contributed by atoms with Crippen LogP contribution in [0.25, 0.3) is 0 Å². The van der Waals surface area contributed by atoms with E-state index in [2.05, 4.69) is 26.8 Å². The maximum absolute atomic E-state index is 12.7. The molecule has 2 aromatic rings. The molecule has 0 bridgehead atoms. The van der Waals surface area contributed by atoms with Gasteiger partial charge in [-0.05, 0) is 54.5 Å². The van der Waals surface area contributed by atoms with Crippen molar-refractivity contribution in [1.82, 2.24) is 0 Å². The summed E-state index contributed by atoms with van der Waals surface area (Å²) in [7, 11) is -3.72. The van der Waals surface area contributed by atoms with Crippen LogP contribution in [0.5, 0.6) is 11.5 Å². The van der Waals surface area contributed by atoms with Gasteiger partial charge < -0.3 is 4.74 Å². The molecule has 30 heavy (non-hydrogen) atoms. The van der Waals surface area contributed by atoms with Crippen molar-refractivity contribution in [2.24, 2.45) is 0 Å². The predicted octanol–water partition coefficient (Wildman–Crippen LogP) is 6.46. The number of ether oxygens (including phenoxy) is 1. The van der Waals surface area contributed by atoms with Crippen molar-refractivity contribution in [3.8, 4) is 11.5 Å². The molecular weight excluding hydrogens is 398 g/mol. The highest BCUT2D eigenvalue weighted by Gasteiger charge is 2.33. The normalized spacial score (nSPS) is 13.0. The third kappa shape index (κ3) is 4.81. The van der Waals surface area contributed by atoms with Gasteiger partial charge in [-0.3, -0.25) is 0 Å². The number of fused-ring (bicyclic) bond motifs is 2. The van der Waals surface area contributed by atoms with E-state index in [-0.39, 0.29) is 5.75 Å². The Kier molecular flexibility index (Phi) is 7.42. The van der Waals surface area contributed by atoms with Crippen molar-refractivity contribution < 1.29 is 17.4 Å². The van der Waals surface area contributed by atoms with Crippen LogP contribution in [0, 0.1) is 0 Å². The lowest BCUT2D eigenvalue weighted by atomic mass is 9.98.